The van der Waals surface area contributed by atoms with Crippen molar-refractivity contribution in [3.63, 3.8) is 0 Å². The Hall–Kier alpha value is -1.36. The Labute approximate surface area is 114 Å². The number of hydrogen-bond acceptors (Lipinski definition) is 2. The Kier molecular flexibility index (Phi) is 3.19. The Bertz CT molecular complexity index is 584. The monoisotopic (exact) mass is 311 g/mol. The molecule has 0 atom stereocenters. The molecule has 0 fully saturated rings. The molecule has 96 valence electrons. The number of nitrogens with zero attached hydrogens (tertiary/aromatic N) is 2. The van der Waals surface area contributed by atoms with Gasteiger partial charge in [0.2, 0.25) is 0 Å². The number of aromatic nitrogens is 2. The second-order valence-electron chi connectivity index (χ2n) is 5.17. The molecule has 0 aliphatic rings. The summed E-state index contributed by atoms with van der Waals surface area (Å²) in [5.74, 6) is 0.305. The zero-order chi connectivity index (χ0) is 13.5. The standard InChI is InChI=1S/C13H15BrFN3/c1-13(2,3)18-12(16)7-11(17-18)8-4-5-10(15)9(14)6-8/h4-7H,16H2,1-3H3. The predicted octanol–water partition coefficient (Wildman–Crippen LogP) is 3.79. The Morgan fingerprint density at radius 3 is 2.44 bits per heavy atom. The Balaban J connectivity index is 2.49. The Morgan fingerprint density at radius 1 is 1.28 bits per heavy atom. The molecular formula is C13H15BrFN3. The third-order valence-electron chi connectivity index (χ3n) is 2.59. The van der Waals surface area contributed by atoms with Crippen molar-refractivity contribution < 1.29 is 4.39 Å². The topological polar surface area (TPSA) is 43.8 Å². The van der Waals surface area contributed by atoms with Gasteiger partial charge in [-0.15, -0.1) is 0 Å². The molecule has 0 radical (unpaired) electrons. The summed E-state index contributed by atoms with van der Waals surface area (Å²) >= 11 is 3.17. The number of nitrogens with two attached hydrogens (primary N) is 1. The molecule has 0 aliphatic carbocycles. The maximum absolute atomic E-state index is 13.2. The molecular weight excluding hydrogens is 297 g/mol. The summed E-state index contributed by atoms with van der Waals surface area (Å²) in [6, 6.07) is 6.59. The molecule has 2 aromatic rings. The molecule has 2 N–H and O–H groups in total. The number of rotatable bonds is 1. The smallest absolute Gasteiger partial charge is 0.137 e. The second-order valence-corrected chi connectivity index (χ2v) is 6.02. The van der Waals surface area contributed by atoms with E-state index in [0.717, 1.165) is 11.3 Å². The van der Waals surface area contributed by atoms with E-state index in [4.69, 9.17) is 5.73 Å². The lowest BCUT2D eigenvalue weighted by Gasteiger charge is -2.20. The minimum absolute atomic E-state index is 0.181. The Morgan fingerprint density at radius 2 is 1.94 bits per heavy atom. The first-order valence-electron chi connectivity index (χ1n) is 5.60. The third-order valence-corrected chi connectivity index (χ3v) is 3.20. The van der Waals surface area contributed by atoms with Crippen LogP contribution >= 0.6 is 15.9 Å². The lowest BCUT2D eigenvalue weighted by molar-refractivity contribution is 0.362. The van der Waals surface area contributed by atoms with Crippen LogP contribution in [-0.2, 0) is 5.54 Å². The van der Waals surface area contributed by atoms with E-state index in [0.29, 0.717) is 10.3 Å². The maximum Gasteiger partial charge on any atom is 0.137 e. The van der Waals surface area contributed by atoms with Gasteiger partial charge in [-0.3, -0.25) is 0 Å². The van der Waals surface area contributed by atoms with Gasteiger partial charge in [0.15, 0.2) is 0 Å². The number of nitrogen functional groups attached to an aromatic ring is 1. The van der Waals surface area contributed by atoms with Crippen LogP contribution in [0.5, 0.6) is 0 Å². The summed E-state index contributed by atoms with van der Waals surface area (Å²) in [6.07, 6.45) is 0. The highest BCUT2D eigenvalue weighted by Gasteiger charge is 2.18. The van der Waals surface area contributed by atoms with Crippen LogP contribution in [0.2, 0.25) is 0 Å². The van der Waals surface area contributed by atoms with Gasteiger partial charge in [-0.1, -0.05) is 0 Å². The van der Waals surface area contributed by atoms with Gasteiger partial charge in [0.25, 0.3) is 0 Å². The summed E-state index contributed by atoms with van der Waals surface area (Å²) in [5.41, 5.74) is 7.34. The fraction of sp³-hybridized carbons (Fsp3) is 0.308. The van der Waals surface area contributed by atoms with Gasteiger partial charge in [0, 0.05) is 11.6 Å². The fourth-order valence-electron chi connectivity index (χ4n) is 1.73. The van der Waals surface area contributed by atoms with Crippen molar-refractivity contribution in [3.8, 4) is 11.3 Å². The minimum Gasteiger partial charge on any atom is -0.384 e. The SMILES string of the molecule is CC(C)(C)n1nc(-c2ccc(F)c(Br)c2)cc1N. The lowest BCUT2D eigenvalue weighted by Crippen LogP contribution is -2.24. The summed E-state index contributed by atoms with van der Waals surface area (Å²) in [5, 5.41) is 4.47. The zero-order valence-corrected chi connectivity index (χ0v) is 12.1. The summed E-state index contributed by atoms with van der Waals surface area (Å²) in [6.45, 7) is 6.09. The van der Waals surface area contributed by atoms with Gasteiger partial charge in [-0.2, -0.15) is 5.10 Å². The fourth-order valence-corrected chi connectivity index (χ4v) is 2.11. The number of hydrogen-bond donors (Lipinski definition) is 1. The number of benzene rings is 1. The highest BCUT2D eigenvalue weighted by atomic mass is 79.9. The maximum atomic E-state index is 13.2. The second kappa shape index (κ2) is 4.39. The van der Waals surface area contributed by atoms with E-state index in [1.54, 1.807) is 22.9 Å². The van der Waals surface area contributed by atoms with Crippen LogP contribution in [0.3, 0.4) is 0 Å². The summed E-state index contributed by atoms with van der Waals surface area (Å²) in [7, 11) is 0. The van der Waals surface area contributed by atoms with Crippen LogP contribution in [0.4, 0.5) is 10.2 Å². The van der Waals surface area contributed by atoms with Crippen molar-refractivity contribution in [2.24, 2.45) is 0 Å². The molecule has 3 nitrogen and oxygen atoms in total. The van der Waals surface area contributed by atoms with Crippen LogP contribution in [0.1, 0.15) is 20.8 Å². The molecule has 1 aromatic heterocycles. The van der Waals surface area contributed by atoms with Crippen molar-refractivity contribution in [2.45, 2.75) is 26.3 Å². The summed E-state index contributed by atoms with van der Waals surface area (Å²) in [4.78, 5) is 0. The molecule has 0 bridgehead atoms. The van der Waals surface area contributed by atoms with Gasteiger partial charge in [0.05, 0.1) is 15.7 Å². The molecule has 1 heterocycles. The van der Waals surface area contributed by atoms with Crippen LogP contribution in [0.25, 0.3) is 11.3 Å². The predicted molar refractivity (Wildman–Crippen MR) is 74.7 cm³/mol. The van der Waals surface area contributed by atoms with Crippen molar-refractivity contribution in [3.05, 3.63) is 34.6 Å². The van der Waals surface area contributed by atoms with Crippen LogP contribution < -0.4 is 5.73 Å². The van der Waals surface area contributed by atoms with Crippen LogP contribution in [0, 0.1) is 5.82 Å². The molecule has 0 aliphatic heterocycles. The number of halogens is 2. The third kappa shape index (κ3) is 2.41. The quantitative estimate of drug-likeness (QED) is 0.870. The van der Waals surface area contributed by atoms with Crippen molar-refractivity contribution in [1.82, 2.24) is 9.78 Å². The van der Waals surface area contributed by atoms with Gasteiger partial charge < -0.3 is 5.73 Å². The van der Waals surface area contributed by atoms with E-state index in [1.165, 1.54) is 6.07 Å². The number of anilines is 1. The zero-order valence-electron chi connectivity index (χ0n) is 10.5. The molecule has 0 amide bonds. The van der Waals surface area contributed by atoms with Gasteiger partial charge >= 0.3 is 0 Å². The molecule has 18 heavy (non-hydrogen) atoms. The minimum atomic E-state index is -0.290. The average Bonchev–Trinajstić information content (AvgIpc) is 2.64. The van der Waals surface area contributed by atoms with Gasteiger partial charge in [0.1, 0.15) is 11.6 Å². The first-order chi connectivity index (χ1) is 8.29. The first-order valence-corrected chi connectivity index (χ1v) is 6.40. The largest absolute Gasteiger partial charge is 0.384 e. The highest BCUT2D eigenvalue weighted by molar-refractivity contribution is 9.10. The van der Waals surface area contributed by atoms with Gasteiger partial charge in [-0.05, 0) is 54.9 Å². The highest BCUT2D eigenvalue weighted by Crippen LogP contribution is 2.28. The molecule has 0 unspecified atom stereocenters. The molecule has 1 aromatic carbocycles. The molecule has 0 saturated heterocycles. The molecule has 0 saturated carbocycles. The van der Waals surface area contributed by atoms with Crippen LogP contribution in [0.15, 0.2) is 28.7 Å². The van der Waals surface area contributed by atoms with E-state index in [1.807, 2.05) is 20.8 Å². The first kappa shape index (κ1) is 13.1. The van der Waals surface area contributed by atoms with Crippen molar-refractivity contribution >= 4 is 21.7 Å². The van der Waals surface area contributed by atoms with Crippen molar-refractivity contribution in [1.29, 1.82) is 0 Å². The van der Waals surface area contributed by atoms with E-state index >= 15 is 0 Å². The van der Waals surface area contributed by atoms with E-state index in [9.17, 15) is 4.39 Å². The average molecular weight is 312 g/mol. The lowest BCUT2D eigenvalue weighted by atomic mass is 10.1. The molecule has 5 heteroatoms. The molecule has 2 rings (SSSR count). The normalized spacial score (nSPS) is 11.8. The van der Waals surface area contributed by atoms with Crippen LogP contribution in [-0.4, -0.2) is 9.78 Å². The van der Waals surface area contributed by atoms with E-state index in [-0.39, 0.29) is 11.4 Å². The summed E-state index contributed by atoms with van der Waals surface area (Å²) < 4.78 is 15.4. The van der Waals surface area contributed by atoms with Crippen molar-refractivity contribution in [2.75, 3.05) is 5.73 Å². The van der Waals surface area contributed by atoms with E-state index < -0.39 is 0 Å². The van der Waals surface area contributed by atoms with E-state index in [2.05, 4.69) is 21.0 Å². The molecule has 0 spiro atoms. The van der Waals surface area contributed by atoms with Gasteiger partial charge in [-0.25, -0.2) is 9.07 Å².